The summed E-state index contributed by atoms with van der Waals surface area (Å²) in [5.74, 6) is 0. The summed E-state index contributed by atoms with van der Waals surface area (Å²) in [6.07, 6.45) is 0. The highest BCUT2D eigenvalue weighted by Crippen LogP contribution is 2.24. The summed E-state index contributed by atoms with van der Waals surface area (Å²) in [5.41, 5.74) is 0.554. The number of carbonyl (C=O) groups excluding carboxylic acids is 1. The van der Waals surface area contributed by atoms with Crippen LogP contribution in [0.2, 0.25) is 10.0 Å². The van der Waals surface area contributed by atoms with Crippen molar-refractivity contribution in [1.29, 1.82) is 0 Å². The highest BCUT2D eigenvalue weighted by Gasteiger charge is 2.03. The van der Waals surface area contributed by atoms with E-state index in [1.807, 2.05) is 0 Å². The van der Waals surface area contributed by atoms with E-state index in [1.54, 1.807) is 25.3 Å². The van der Waals surface area contributed by atoms with Crippen LogP contribution in [-0.4, -0.2) is 33.1 Å². The number of halogens is 2. The molecule has 0 atom stereocenters. The molecule has 0 fully saturated rings. The molecule has 0 radical (unpaired) electrons. The van der Waals surface area contributed by atoms with Crippen LogP contribution in [0.4, 0.5) is 10.5 Å². The zero-order chi connectivity index (χ0) is 13.4. The summed E-state index contributed by atoms with van der Waals surface area (Å²) in [5, 5.41) is 5.93. The molecular formula is C11H14Cl2N2O3. The molecule has 0 heterocycles. The minimum atomic E-state index is -0.384. The number of nitrogens with one attached hydrogen (secondary N) is 2. The predicted octanol–water partition coefficient (Wildman–Crippen LogP) is 2.74. The molecule has 1 aromatic carbocycles. The maximum atomic E-state index is 11.4. The maximum Gasteiger partial charge on any atom is 0.321 e. The number of amides is 2. The Morgan fingerprint density at radius 1 is 1.28 bits per heavy atom. The number of urea groups is 1. The lowest BCUT2D eigenvalue weighted by Crippen LogP contribution is -2.31. The third-order valence-electron chi connectivity index (χ3n) is 1.94. The average Bonchev–Trinajstić information content (AvgIpc) is 2.34. The third-order valence-corrected chi connectivity index (χ3v) is 2.68. The fourth-order valence-electron chi connectivity index (χ4n) is 1.08. The van der Waals surface area contributed by atoms with Crippen LogP contribution >= 0.6 is 23.2 Å². The number of ether oxygens (including phenoxy) is 2. The zero-order valence-electron chi connectivity index (χ0n) is 9.83. The topological polar surface area (TPSA) is 59.6 Å². The Hall–Kier alpha value is -1.01. The Kier molecular flexibility index (Phi) is 6.82. The second-order valence-corrected chi connectivity index (χ2v) is 4.12. The fraction of sp³-hybridized carbons (Fsp3) is 0.364. The first kappa shape index (κ1) is 15.0. The molecule has 0 aliphatic rings. The van der Waals surface area contributed by atoms with E-state index in [-0.39, 0.29) is 12.8 Å². The van der Waals surface area contributed by atoms with Crippen LogP contribution in [0, 0.1) is 0 Å². The quantitative estimate of drug-likeness (QED) is 0.626. The molecule has 2 N–H and O–H groups in total. The van der Waals surface area contributed by atoms with Crippen molar-refractivity contribution in [3.05, 3.63) is 28.2 Å². The van der Waals surface area contributed by atoms with E-state index < -0.39 is 0 Å². The van der Waals surface area contributed by atoms with Gasteiger partial charge >= 0.3 is 6.03 Å². The van der Waals surface area contributed by atoms with Gasteiger partial charge in [-0.2, -0.15) is 0 Å². The van der Waals surface area contributed by atoms with Crippen LogP contribution in [0.5, 0.6) is 0 Å². The Balaban J connectivity index is 2.29. The smallest absolute Gasteiger partial charge is 0.321 e. The fourth-order valence-corrected chi connectivity index (χ4v) is 1.38. The van der Waals surface area contributed by atoms with E-state index in [0.29, 0.717) is 28.9 Å². The van der Waals surface area contributed by atoms with Crippen LogP contribution in [0.25, 0.3) is 0 Å². The molecule has 1 aromatic rings. The Morgan fingerprint density at radius 3 is 2.72 bits per heavy atom. The summed E-state index contributed by atoms with van der Waals surface area (Å²) >= 11 is 11.6. The van der Waals surface area contributed by atoms with Gasteiger partial charge in [0.15, 0.2) is 0 Å². The molecule has 0 saturated heterocycles. The first-order valence-corrected chi connectivity index (χ1v) is 5.95. The molecule has 0 saturated carbocycles. The predicted molar refractivity (Wildman–Crippen MR) is 71.3 cm³/mol. The van der Waals surface area contributed by atoms with Crippen LogP contribution in [0.1, 0.15) is 0 Å². The summed E-state index contributed by atoms with van der Waals surface area (Å²) in [7, 11) is 1.58. The standard InChI is InChI=1S/C11H14Cl2N2O3/c1-17-4-5-18-7-14-11(16)15-8-2-3-9(12)10(13)6-8/h2-3,6H,4-5,7H2,1H3,(H2,14,15,16). The highest BCUT2D eigenvalue weighted by molar-refractivity contribution is 6.42. The van der Waals surface area contributed by atoms with Gasteiger partial charge in [0, 0.05) is 12.8 Å². The molecule has 0 aromatic heterocycles. The lowest BCUT2D eigenvalue weighted by atomic mass is 10.3. The first-order valence-electron chi connectivity index (χ1n) is 5.20. The zero-order valence-corrected chi connectivity index (χ0v) is 11.3. The van der Waals surface area contributed by atoms with E-state index in [2.05, 4.69) is 10.6 Å². The minimum Gasteiger partial charge on any atom is -0.382 e. The summed E-state index contributed by atoms with van der Waals surface area (Å²) in [4.78, 5) is 11.4. The molecule has 0 spiro atoms. The normalized spacial score (nSPS) is 10.2. The molecule has 18 heavy (non-hydrogen) atoms. The lowest BCUT2D eigenvalue weighted by Gasteiger charge is -2.08. The molecular weight excluding hydrogens is 279 g/mol. The molecule has 0 bridgehead atoms. The highest BCUT2D eigenvalue weighted by atomic mass is 35.5. The first-order chi connectivity index (χ1) is 8.63. The third kappa shape index (κ3) is 5.55. The Morgan fingerprint density at radius 2 is 2.06 bits per heavy atom. The van der Waals surface area contributed by atoms with Gasteiger partial charge in [0.05, 0.1) is 23.3 Å². The number of benzene rings is 1. The van der Waals surface area contributed by atoms with Crippen LogP contribution < -0.4 is 10.6 Å². The van der Waals surface area contributed by atoms with Gasteiger partial charge in [-0.3, -0.25) is 0 Å². The van der Waals surface area contributed by atoms with Gasteiger partial charge in [0.1, 0.15) is 6.73 Å². The van der Waals surface area contributed by atoms with Crippen molar-refractivity contribution in [2.75, 3.05) is 32.4 Å². The van der Waals surface area contributed by atoms with Gasteiger partial charge in [-0.15, -0.1) is 0 Å². The molecule has 0 unspecified atom stereocenters. The van der Waals surface area contributed by atoms with Crippen molar-refractivity contribution in [3.63, 3.8) is 0 Å². The average molecular weight is 293 g/mol. The molecule has 1 rings (SSSR count). The van der Waals surface area contributed by atoms with E-state index in [0.717, 1.165) is 0 Å². The van der Waals surface area contributed by atoms with Gasteiger partial charge in [0.25, 0.3) is 0 Å². The molecule has 0 aliphatic heterocycles. The van der Waals surface area contributed by atoms with Crippen molar-refractivity contribution >= 4 is 34.9 Å². The van der Waals surface area contributed by atoms with E-state index >= 15 is 0 Å². The van der Waals surface area contributed by atoms with Crippen molar-refractivity contribution in [2.45, 2.75) is 0 Å². The Bertz CT molecular complexity index is 402. The molecule has 2 amide bonds. The van der Waals surface area contributed by atoms with Gasteiger partial charge in [-0.25, -0.2) is 4.79 Å². The van der Waals surface area contributed by atoms with Gasteiger partial charge in [-0.1, -0.05) is 23.2 Å². The van der Waals surface area contributed by atoms with Crippen molar-refractivity contribution in [2.24, 2.45) is 0 Å². The van der Waals surface area contributed by atoms with E-state index in [9.17, 15) is 4.79 Å². The number of methoxy groups -OCH3 is 1. The summed E-state index contributed by atoms with van der Waals surface area (Å²) in [6, 6.07) is 4.44. The van der Waals surface area contributed by atoms with Gasteiger partial charge in [0.2, 0.25) is 0 Å². The maximum absolute atomic E-state index is 11.4. The van der Waals surface area contributed by atoms with Crippen molar-refractivity contribution in [1.82, 2.24) is 5.32 Å². The second kappa shape index (κ2) is 8.16. The number of carbonyl (C=O) groups is 1. The monoisotopic (exact) mass is 292 g/mol. The number of hydrogen-bond acceptors (Lipinski definition) is 3. The van der Waals surface area contributed by atoms with Gasteiger partial charge in [-0.05, 0) is 18.2 Å². The molecule has 7 heteroatoms. The van der Waals surface area contributed by atoms with Crippen molar-refractivity contribution < 1.29 is 14.3 Å². The summed E-state index contributed by atoms with van der Waals surface area (Å²) < 4.78 is 9.87. The largest absolute Gasteiger partial charge is 0.382 e. The minimum absolute atomic E-state index is 0.108. The molecule has 0 aliphatic carbocycles. The number of rotatable bonds is 6. The number of anilines is 1. The van der Waals surface area contributed by atoms with Crippen LogP contribution in [0.3, 0.4) is 0 Å². The van der Waals surface area contributed by atoms with Crippen LogP contribution in [-0.2, 0) is 9.47 Å². The Labute approximate surface area is 115 Å². The molecule has 5 nitrogen and oxygen atoms in total. The van der Waals surface area contributed by atoms with E-state index in [1.165, 1.54) is 0 Å². The summed E-state index contributed by atoms with van der Waals surface area (Å²) in [6.45, 7) is 1.01. The van der Waals surface area contributed by atoms with Crippen LogP contribution in [0.15, 0.2) is 18.2 Å². The van der Waals surface area contributed by atoms with E-state index in [4.69, 9.17) is 32.7 Å². The second-order valence-electron chi connectivity index (χ2n) is 3.31. The molecule has 100 valence electrons. The van der Waals surface area contributed by atoms with Crippen molar-refractivity contribution in [3.8, 4) is 0 Å². The van der Waals surface area contributed by atoms with Gasteiger partial charge < -0.3 is 20.1 Å². The SMILES string of the molecule is COCCOCNC(=O)Nc1ccc(Cl)c(Cl)c1. The lowest BCUT2D eigenvalue weighted by molar-refractivity contribution is 0.0650. The number of hydrogen-bond donors (Lipinski definition) is 2.